The molecule has 19 aromatic rings. The zero-order valence-corrected chi connectivity index (χ0v) is 62.6. The maximum atomic E-state index is 11.0. The topological polar surface area (TPSA) is 123 Å². The van der Waals surface area contributed by atoms with Crippen molar-refractivity contribution < 1.29 is 0 Å². The number of para-hydroxylation sites is 1. The SMILES string of the molecule is N#Cc1ccc2c(c1)B1c3cc(C#N)ccc3N(c3cc(-c4ccccc4)cc(-c4ccccc4)c3)c3cc(-c4ccc5c(c4)c4ccccc4n5-c4ccc(-c5nc(-c6ccccc6)cc(-c6ccccc6)n5)cc4-c4nc(-c5ccccc5)nc(-c5ccccc5)n4)cc(c31)N2c1cc(-c2ccccc2)cc(-c2ccccc2)c1. The Morgan fingerprint density at radius 1 is 0.233 bits per heavy atom. The lowest BCUT2D eigenvalue weighted by molar-refractivity contribution is 1.06. The van der Waals surface area contributed by atoms with Crippen molar-refractivity contribution in [3.05, 3.63) is 405 Å². The zero-order chi connectivity index (χ0) is 77.2. The van der Waals surface area contributed by atoms with Crippen LogP contribution in [0.1, 0.15) is 11.1 Å². The number of rotatable bonds is 14. The fraction of sp³-hybridized carbons (Fsp3) is 0. The van der Waals surface area contributed by atoms with Gasteiger partial charge in [0, 0.05) is 78.3 Å². The van der Waals surface area contributed by atoms with Gasteiger partial charge in [-0.05, 0) is 199 Å². The van der Waals surface area contributed by atoms with Crippen LogP contribution >= 0.6 is 0 Å². The van der Waals surface area contributed by atoms with Crippen LogP contribution in [-0.4, -0.2) is 36.2 Å². The van der Waals surface area contributed by atoms with E-state index in [2.05, 4.69) is 312 Å². The second kappa shape index (κ2) is 28.7. The summed E-state index contributed by atoms with van der Waals surface area (Å²) in [5, 5.41) is 24.1. The average molecular weight is 1480 g/mol. The zero-order valence-electron chi connectivity index (χ0n) is 62.6. The summed E-state index contributed by atoms with van der Waals surface area (Å²) in [6.07, 6.45) is 0. The number of nitriles is 2. The molecule has 538 valence electrons. The lowest BCUT2D eigenvalue weighted by Gasteiger charge is -2.44. The molecule has 10 nitrogen and oxygen atoms in total. The van der Waals surface area contributed by atoms with E-state index in [1.807, 2.05) is 109 Å². The van der Waals surface area contributed by atoms with Crippen LogP contribution in [0.25, 0.3) is 151 Å². The van der Waals surface area contributed by atoms with Gasteiger partial charge < -0.3 is 14.4 Å². The second-order valence-electron chi connectivity index (χ2n) is 29.4. The third-order valence-corrected chi connectivity index (χ3v) is 22.4. The summed E-state index contributed by atoms with van der Waals surface area (Å²) in [7, 11) is 0. The fourth-order valence-corrected chi connectivity index (χ4v) is 17.0. The molecule has 5 heterocycles. The Hall–Kier alpha value is -15.9. The van der Waals surface area contributed by atoms with E-state index in [-0.39, 0.29) is 0 Å². The minimum atomic E-state index is -0.437. The monoisotopic (exact) mass is 1480 g/mol. The van der Waals surface area contributed by atoms with Gasteiger partial charge in [0.25, 0.3) is 6.71 Å². The van der Waals surface area contributed by atoms with Gasteiger partial charge >= 0.3 is 0 Å². The minimum absolute atomic E-state index is 0.437. The molecule has 0 N–H and O–H groups in total. The molecule has 0 saturated carbocycles. The first-order chi connectivity index (χ1) is 57.4. The fourth-order valence-electron chi connectivity index (χ4n) is 17.0. The number of anilines is 6. The Kier molecular flexibility index (Phi) is 16.9. The summed E-state index contributed by atoms with van der Waals surface area (Å²) >= 11 is 0. The third kappa shape index (κ3) is 12.2. The predicted octanol–water partition coefficient (Wildman–Crippen LogP) is 23.9. The maximum absolute atomic E-state index is 11.0. The summed E-state index contributed by atoms with van der Waals surface area (Å²) < 4.78 is 2.36. The highest BCUT2D eigenvalue weighted by Crippen LogP contribution is 2.50. The number of hydrogen-bond donors (Lipinski definition) is 0. The lowest BCUT2D eigenvalue weighted by Crippen LogP contribution is -2.61. The van der Waals surface area contributed by atoms with Crippen LogP contribution in [0.2, 0.25) is 0 Å². The van der Waals surface area contributed by atoms with Gasteiger partial charge in [0.05, 0.1) is 51.4 Å². The molecule has 0 unspecified atom stereocenters. The molecule has 0 spiro atoms. The van der Waals surface area contributed by atoms with E-state index in [1.165, 1.54) is 0 Å². The lowest BCUT2D eigenvalue weighted by atomic mass is 9.33. The van der Waals surface area contributed by atoms with Crippen LogP contribution < -0.4 is 26.2 Å². The molecule has 16 aromatic carbocycles. The van der Waals surface area contributed by atoms with Crippen molar-refractivity contribution in [1.82, 2.24) is 29.5 Å². The van der Waals surface area contributed by atoms with Gasteiger partial charge in [-0.25, -0.2) is 24.9 Å². The van der Waals surface area contributed by atoms with E-state index in [0.29, 0.717) is 34.4 Å². The molecule has 0 radical (unpaired) electrons. The molecular formula is C105H65BN10. The van der Waals surface area contributed by atoms with Crippen molar-refractivity contribution in [1.29, 1.82) is 10.5 Å². The Labute approximate surface area is 671 Å². The van der Waals surface area contributed by atoms with E-state index in [0.717, 1.165) is 178 Å². The second-order valence-corrected chi connectivity index (χ2v) is 29.4. The Balaban J connectivity index is 0.830. The molecule has 0 fully saturated rings. The molecule has 0 atom stereocenters. The van der Waals surface area contributed by atoms with E-state index in [4.69, 9.17) is 24.9 Å². The van der Waals surface area contributed by atoms with Crippen LogP contribution in [0.5, 0.6) is 0 Å². The van der Waals surface area contributed by atoms with Crippen molar-refractivity contribution in [3.63, 3.8) is 0 Å². The summed E-state index contributed by atoms with van der Waals surface area (Å²) in [4.78, 5) is 31.8. The maximum Gasteiger partial charge on any atom is 0.252 e. The predicted molar refractivity (Wildman–Crippen MR) is 473 cm³/mol. The first-order valence-corrected chi connectivity index (χ1v) is 38.8. The van der Waals surface area contributed by atoms with Gasteiger partial charge in [-0.1, -0.05) is 267 Å². The van der Waals surface area contributed by atoms with E-state index in [1.54, 1.807) is 0 Å². The van der Waals surface area contributed by atoms with Crippen molar-refractivity contribution >= 4 is 79.0 Å². The summed E-state index contributed by atoms with van der Waals surface area (Å²) in [6.45, 7) is -0.437. The highest BCUT2D eigenvalue weighted by Gasteiger charge is 2.45. The minimum Gasteiger partial charge on any atom is -0.311 e. The molecule has 11 heteroatoms. The molecule has 0 aliphatic carbocycles. The quantitative estimate of drug-likeness (QED) is 0.0979. The van der Waals surface area contributed by atoms with Crippen molar-refractivity contribution in [2.75, 3.05) is 9.80 Å². The van der Waals surface area contributed by atoms with Crippen LogP contribution in [0, 0.1) is 22.7 Å². The number of aromatic nitrogens is 6. The van der Waals surface area contributed by atoms with E-state index in [9.17, 15) is 10.5 Å². The first kappa shape index (κ1) is 68.1. The van der Waals surface area contributed by atoms with Crippen molar-refractivity contribution in [2.24, 2.45) is 0 Å². The normalized spacial score (nSPS) is 11.9. The molecule has 2 aliphatic rings. The van der Waals surface area contributed by atoms with Crippen LogP contribution in [0.4, 0.5) is 34.1 Å². The molecule has 0 amide bonds. The largest absolute Gasteiger partial charge is 0.311 e. The van der Waals surface area contributed by atoms with Gasteiger partial charge in [-0.15, -0.1) is 0 Å². The van der Waals surface area contributed by atoms with Crippen molar-refractivity contribution in [3.8, 4) is 142 Å². The Bertz CT molecular complexity index is 6710. The molecule has 0 saturated heterocycles. The summed E-state index contributed by atoms with van der Waals surface area (Å²) in [6, 6.07) is 143. The van der Waals surface area contributed by atoms with Gasteiger partial charge in [0.1, 0.15) is 0 Å². The number of fused-ring (bicyclic) bond motifs is 7. The number of nitrogens with zero attached hydrogens (tertiary/aromatic N) is 10. The third-order valence-electron chi connectivity index (χ3n) is 22.4. The number of benzene rings is 16. The average Bonchev–Trinajstić information content (AvgIpc) is 0.746. The van der Waals surface area contributed by atoms with E-state index >= 15 is 0 Å². The van der Waals surface area contributed by atoms with Crippen LogP contribution in [-0.2, 0) is 0 Å². The molecule has 3 aromatic heterocycles. The smallest absolute Gasteiger partial charge is 0.252 e. The molecule has 21 rings (SSSR count). The standard InChI is InChI=1S/C105H65BN10/c107-66-68-45-49-97-90(53-68)106-91-54-69(67-108)46-50-98(91)115(86-59-82(72-31-13-3-14-32-72)56-83(60-86)73-33-15-4-16-34-73)100-64-84(63-99(101(100)106)114(97)85-57-80(70-27-9-1-10-28-70)55-81(58-85)71-29-11-2-12-30-71)78-47-51-95-88(61-78)87-43-25-26-44-94(87)116(95)96-52-48-79(104-109-92(74-35-17-5-18-36-74)65-93(110-104)75-37-19-6-20-38-75)62-89(96)105-112-102(76-39-21-7-22-40-76)111-103(113-105)77-41-23-8-24-42-77/h1-65H. The van der Waals surface area contributed by atoms with Gasteiger partial charge in [0.2, 0.25) is 0 Å². The highest BCUT2D eigenvalue weighted by molar-refractivity contribution is 7.00. The van der Waals surface area contributed by atoms with Gasteiger partial charge in [0.15, 0.2) is 23.3 Å². The summed E-state index contributed by atoms with van der Waals surface area (Å²) in [5.41, 5.74) is 29.6. The molecule has 0 bridgehead atoms. The molecule has 116 heavy (non-hydrogen) atoms. The van der Waals surface area contributed by atoms with Gasteiger partial charge in [-0.3, -0.25) is 0 Å². The van der Waals surface area contributed by atoms with Crippen LogP contribution in [0.15, 0.2) is 394 Å². The molecular weight excluding hydrogens is 1410 g/mol. The van der Waals surface area contributed by atoms with Gasteiger partial charge in [-0.2, -0.15) is 10.5 Å². The molecule has 2 aliphatic heterocycles. The summed E-state index contributed by atoms with van der Waals surface area (Å²) in [5.74, 6) is 2.09. The van der Waals surface area contributed by atoms with E-state index < -0.39 is 6.71 Å². The highest BCUT2D eigenvalue weighted by atomic mass is 15.2. The van der Waals surface area contributed by atoms with Crippen molar-refractivity contribution in [2.45, 2.75) is 0 Å². The Morgan fingerprint density at radius 3 is 1.03 bits per heavy atom. The first-order valence-electron chi connectivity index (χ1n) is 38.8. The Morgan fingerprint density at radius 2 is 0.595 bits per heavy atom. The number of hydrogen-bond acceptors (Lipinski definition) is 9. The van der Waals surface area contributed by atoms with Crippen LogP contribution in [0.3, 0.4) is 0 Å².